The summed E-state index contributed by atoms with van der Waals surface area (Å²) < 4.78 is 4.63. The van der Waals surface area contributed by atoms with Gasteiger partial charge in [-0.15, -0.1) is 0 Å². The molecule has 0 spiro atoms. The van der Waals surface area contributed by atoms with Crippen molar-refractivity contribution in [3.8, 4) is 0 Å². The third-order valence-corrected chi connectivity index (χ3v) is 13.9. The Bertz CT molecular complexity index is 835. The molecule has 0 aliphatic carbocycles. The first-order valence-electron chi connectivity index (χ1n) is 11.2. The minimum atomic E-state index is -0.668. The van der Waals surface area contributed by atoms with E-state index in [4.69, 9.17) is 4.98 Å². The Hall–Kier alpha value is -0.461. The van der Waals surface area contributed by atoms with Crippen LogP contribution in [0.1, 0.15) is 78.6 Å². The van der Waals surface area contributed by atoms with Gasteiger partial charge in [-0.2, -0.15) is 0 Å². The molecule has 0 fully saturated rings. The monoisotopic (exact) mass is 534 g/mol. The molecule has 0 N–H and O–H groups in total. The molecule has 0 aliphatic rings. The van der Waals surface area contributed by atoms with Gasteiger partial charge in [0.05, 0.1) is 0 Å². The van der Waals surface area contributed by atoms with Gasteiger partial charge in [0.25, 0.3) is 0 Å². The molecule has 3 aromatic rings. The zero-order valence-corrected chi connectivity index (χ0v) is 22.6. The van der Waals surface area contributed by atoms with Crippen molar-refractivity contribution in [3.05, 3.63) is 42.9 Å². The molecule has 2 nitrogen and oxygen atoms in total. The van der Waals surface area contributed by atoms with Crippen LogP contribution in [0, 0.1) is 0 Å². The third kappa shape index (κ3) is 6.51. The number of thiazole rings is 1. The fourth-order valence-electron chi connectivity index (χ4n) is 3.88. The Labute approximate surface area is 195 Å². The Morgan fingerprint density at radius 3 is 2.17 bits per heavy atom. The molecule has 0 saturated carbocycles. The Morgan fingerprint density at radius 2 is 1.59 bits per heavy atom. The molecule has 156 valence electrons. The van der Waals surface area contributed by atoms with Crippen molar-refractivity contribution < 1.29 is 0 Å². The summed E-state index contributed by atoms with van der Waals surface area (Å²) in [7, 11) is 0. The third-order valence-electron chi connectivity index (χ3n) is 5.55. The number of fused-ring (bicyclic) bond motifs is 1. The summed E-state index contributed by atoms with van der Waals surface area (Å²) in [5.41, 5.74) is 0. The zero-order chi connectivity index (χ0) is 20.5. The van der Waals surface area contributed by atoms with E-state index in [9.17, 15) is 0 Å². The van der Waals surface area contributed by atoms with Crippen LogP contribution in [0.4, 0.5) is 0 Å². The van der Waals surface area contributed by atoms with Gasteiger partial charge in [0, 0.05) is 0 Å². The van der Waals surface area contributed by atoms with E-state index in [1.54, 1.807) is 14.7 Å². The number of benzene rings is 1. The first-order chi connectivity index (χ1) is 14.2. The number of aromatic nitrogens is 2. The first-order valence-corrected chi connectivity index (χ1v) is 15.7. The fraction of sp³-hybridized carbons (Fsp3) is 0.542. The summed E-state index contributed by atoms with van der Waals surface area (Å²) in [5.74, 6) is 0. The predicted octanol–water partition coefficient (Wildman–Crippen LogP) is 7.61. The Balaban J connectivity index is 1.82. The van der Waals surface area contributed by atoms with Crippen LogP contribution in [0.25, 0.3) is 4.83 Å². The minimum absolute atomic E-state index is 0.647. The number of imidazole rings is 1. The SMILES string of the molecule is CCCC[C](CCCC)(CCCC)[Sn][c]1cn2cnc(Sc3ccccc3)c2s1. The number of unbranched alkanes of at least 4 members (excludes halogenated alkanes) is 3. The number of rotatable bonds is 13. The molecule has 0 saturated heterocycles. The van der Waals surface area contributed by atoms with Gasteiger partial charge in [0.1, 0.15) is 0 Å². The number of hydrogen-bond acceptors (Lipinski definition) is 3. The van der Waals surface area contributed by atoms with Crippen molar-refractivity contribution in [3.63, 3.8) is 0 Å². The van der Waals surface area contributed by atoms with Gasteiger partial charge >= 0.3 is 196 Å². The molecule has 3 rings (SSSR count). The van der Waals surface area contributed by atoms with Crippen molar-refractivity contribution in [2.45, 2.75) is 91.9 Å². The Kier molecular flexibility index (Phi) is 9.44. The van der Waals surface area contributed by atoms with Crippen LogP contribution >= 0.6 is 23.1 Å². The van der Waals surface area contributed by atoms with E-state index in [2.05, 4.69) is 61.7 Å². The molecular formula is C24H34N2S2Sn. The average molecular weight is 533 g/mol. The molecule has 2 radical (unpaired) electrons. The summed E-state index contributed by atoms with van der Waals surface area (Å²) in [6.45, 7) is 7.05. The maximum absolute atomic E-state index is 4.69. The van der Waals surface area contributed by atoms with Crippen LogP contribution in [0.15, 0.2) is 52.8 Å². The maximum atomic E-state index is 4.69. The van der Waals surface area contributed by atoms with E-state index in [0.717, 1.165) is 5.03 Å². The molecular weight excluding hydrogens is 499 g/mol. The fourth-order valence-corrected chi connectivity index (χ4v) is 13.1. The average Bonchev–Trinajstić information content (AvgIpc) is 3.31. The van der Waals surface area contributed by atoms with Gasteiger partial charge in [0.15, 0.2) is 0 Å². The first kappa shape index (κ1) is 23.2. The van der Waals surface area contributed by atoms with E-state index >= 15 is 0 Å². The molecule has 5 heteroatoms. The molecule has 0 amide bonds. The standard InChI is InChI=1S/C13H27.C11H7N2S2.Sn/c1-4-7-10-13(11-8-5-2)12-9-6-3;1-2-4-9(5-3-1)15-10-11-13(8-12-10)6-7-14-11;/h4-12H2,1-3H3;1-6,8H;. The van der Waals surface area contributed by atoms with Gasteiger partial charge in [-0.3, -0.25) is 0 Å². The normalized spacial score (nSPS) is 12.1. The molecule has 2 heterocycles. The van der Waals surface area contributed by atoms with Crippen molar-refractivity contribution in [2.75, 3.05) is 0 Å². The summed E-state index contributed by atoms with van der Waals surface area (Å²) in [6.07, 6.45) is 17.0. The van der Waals surface area contributed by atoms with E-state index in [1.165, 1.54) is 67.5 Å². The van der Waals surface area contributed by atoms with E-state index in [0.29, 0.717) is 3.43 Å². The summed E-state index contributed by atoms with van der Waals surface area (Å²) in [6, 6.07) is 10.6. The second-order valence-corrected chi connectivity index (χ2v) is 16.4. The second-order valence-electron chi connectivity index (χ2n) is 7.99. The summed E-state index contributed by atoms with van der Waals surface area (Å²) in [5, 5.41) is 1.16. The quantitative estimate of drug-likeness (QED) is 0.211. The zero-order valence-electron chi connectivity index (χ0n) is 18.1. The molecule has 29 heavy (non-hydrogen) atoms. The second kappa shape index (κ2) is 11.8. The number of hydrogen-bond donors (Lipinski definition) is 0. The van der Waals surface area contributed by atoms with Crippen LogP contribution in [-0.2, 0) is 0 Å². The summed E-state index contributed by atoms with van der Waals surface area (Å²) >= 11 is 3.16. The van der Waals surface area contributed by atoms with Crippen LogP contribution in [0.3, 0.4) is 0 Å². The van der Waals surface area contributed by atoms with Crippen molar-refractivity contribution in [1.82, 2.24) is 9.38 Å². The van der Waals surface area contributed by atoms with E-state index < -0.39 is 21.1 Å². The van der Waals surface area contributed by atoms with Crippen LogP contribution < -0.4 is 2.89 Å². The topological polar surface area (TPSA) is 17.3 Å². The summed E-state index contributed by atoms with van der Waals surface area (Å²) in [4.78, 5) is 7.30. The molecule has 0 bridgehead atoms. The van der Waals surface area contributed by atoms with Crippen LogP contribution in [-0.4, -0.2) is 30.5 Å². The van der Waals surface area contributed by atoms with Crippen molar-refractivity contribution in [2.24, 2.45) is 0 Å². The van der Waals surface area contributed by atoms with Gasteiger partial charge in [-0.05, 0) is 0 Å². The molecule has 0 aliphatic heterocycles. The van der Waals surface area contributed by atoms with Gasteiger partial charge in [-0.25, -0.2) is 0 Å². The van der Waals surface area contributed by atoms with Gasteiger partial charge in [-0.1, -0.05) is 0 Å². The predicted molar refractivity (Wildman–Crippen MR) is 130 cm³/mol. The number of nitrogens with zero attached hydrogens (tertiary/aromatic N) is 2. The molecule has 1 aromatic carbocycles. The molecule has 0 atom stereocenters. The van der Waals surface area contributed by atoms with Crippen LogP contribution in [0.2, 0.25) is 3.43 Å². The van der Waals surface area contributed by atoms with Gasteiger partial charge < -0.3 is 0 Å². The van der Waals surface area contributed by atoms with E-state index in [1.807, 2.05) is 17.7 Å². The van der Waals surface area contributed by atoms with E-state index in [-0.39, 0.29) is 0 Å². The Morgan fingerprint density at radius 1 is 0.966 bits per heavy atom. The van der Waals surface area contributed by atoms with Crippen molar-refractivity contribution >= 4 is 52.0 Å². The van der Waals surface area contributed by atoms with Gasteiger partial charge in [0.2, 0.25) is 0 Å². The van der Waals surface area contributed by atoms with Crippen molar-refractivity contribution in [1.29, 1.82) is 0 Å². The van der Waals surface area contributed by atoms with Crippen LogP contribution in [0.5, 0.6) is 0 Å². The molecule has 0 unspecified atom stereocenters. The molecule has 2 aromatic heterocycles.